The third-order valence-electron chi connectivity index (χ3n) is 3.69. The third-order valence-corrected chi connectivity index (χ3v) is 4.19. The normalized spacial score (nSPS) is 13.4. The molecule has 1 atom stereocenters. The Kier molecular flexibility index (Phi) is 5.00. The van der Waals surface area contributed by atoms with Crippen LogP contribution in [0.1, 0.15) is 18.2 Å². The Morgan fingerprint density at radius 3 is 2.92 bits per heavy atom. The molecule has 25 heavy (non-hydrogen) atoms. The number of hydrogen-bond acceptors (Lipinski definition) is 5. The quantitative estimate of drug-likeness (QED) is 0.661. The lowest BCUT2D eigenvalue weighted by Gasteiger charge is -2.33. The van der Waals surface area contributed by atoms with Crippen LogP contribution in [0.5, 0.6) is 0 Å². The van der Waals surface area contributed by atoms with Crippen molar-refractivity contribution >= 4 is 27.7 Å². The maximum absolute atomic E-state index is 12.1. The van der Waals surface area contributed by atoms with Gasteiger partial charge in [-0.1, -0.05) is 28.1 Å². The molecule has 0 radical (unpaired) electrons. The van der Waals surface area contributed by atoms with Gasteiger partial charge < -0.3 is 9.47 Å². The van der Waals surface area contributed by atoms with Crippen molar-refractivity contribution in [2.75, 3.05) is 13.7 Å². The highest BCUT2D eigenvalue weighted by molar-refractivity contribution is 9.10. The van der Waals surface area contributed by atoms with E-state index >= 15 is 0 Å². The van der Waals surface area contributed by atoms with E-state index in [1.54, 1.807) is 23.0 Å². The number of nitrogens with one attached hydrogen (secondary N) is 1. The number of fused-ring (bicyclic) bond motifs is 1. The van der Waals surface area contributed by atoms with E-state index in [0.717, 1.165) is 4.47 Å². The average Bonchev–Trinajstić information content (AvgIpc) is 3.05. The summed E-state index contributed by atoms with van der Waals surface area (Å²) in [6.45, 7) is 2.19. The van der Waals surface area contributed by atoms with E-state index < -0.39 is 11.8 Å². The minimum Gasteiger partial charge on any atom is -0.453 e. The van der Waals surface area contributed by atoms with Crippen LogP contribution in [0.4, 0.5) is 4.79 Å². The number of halogens is 1. The molecule has 0 saturated heterocycles. The summed E-state index contributed by atoms with van der Waals surface area (Å²) < 4.78 is 13.4. The van der Waals surface area contributed by atoms with Crippen LogP contribution in [0.2, 0.25) is 0 Å². The Morgan fingerprint density at radius 2 is 2.20 bits per heavy atom. The zero-order valence-electron chi connectivity index (χ0n) is 13.8. The van der Waals surface area contributed by atoms with E-state index in [0.29, 0.717) is 23.5 Å². The molecule has 7 nitrogen and oxygen atoms in total. The van der Waals surface area contributed by atoms with Gasteiger partial charge in [0.1, 0.15) is 5.69 Å². The predicted octanol–water partition coefficient (Wildman–Crippen LogP) is 3.09. The van der Waals surface area contributed by atoms with E-state index in [-0.39, 0.29) is 0 Å². The molecule has 1 N–H and O–H groups in total. The molecule has 3 aromatic rings. The standard InChI is InChI=1S/C17H17BrN4O3/c1-3-25-17(21-16(23)24-2,12-6-4-7-13(18)10-12)14-11-19-15-8-5-9-20-22(14)15/h4-11H,3H2,1-2H3,(H,21,23). The first-order chi connectivity index (χ1) is 12.1. The number of benzene rings is 1. The first-order valence-corrected chi connectivity index (χ1v) is 8.45. The van der Waals surface area contributed by atoms with E-state index in [1.807, 2.05) is 37.3 Å². The first-order valence-electron chi connectivity index (χ1n) is 7.66. The molecular weight excluding hydrogens is 388 g/mol. The second kappa shape index (κ2) is 7.20. The smallest absolute Gasteiger partial charge is 0.409 e. The lowest BCUT2D eigenvalue weighted by atomic mass is 9.99. The minimum atomic E-state index is -1.31. The molecule has 130 valence electrons. The van der Waals surface area contributed by atoms with E-state index in [2.05, 4.69) is 31.3 Å². The molecule has 0 bridgehead atoms. The molecule has 0 aliphatic carbocycles. The summed E-state index contributed by atoms with van der Waals surface area (Å²) in [5.74, 6) is 0. The molecule has 1 unspecified atom stereocenters. The fraction of sp³-hybridized carbons (Fsp3) is 0.235. The average molecular weight is 405 g/mol. The molecule has 0 fully saturated rings. The molecule has 8 heteroatoms. The van der Waals surface area contributed by atoms with Gasteiger partial charge in [-0.2, -0.15) is 5.10 Å². The molecule has 2 aromatic heterocycles. The number of carbonyl (C=O) groups is 1. The van der Waals surface area contributed by atoms with Crippen LogP contribution >= 0.6 is 15.9 Å². The topological polar surface area (TPSA) is 77.8 Å². The van der Waals surface area contributed by atoms with Crippen LogP contribution in [0.3, 0.4) is 0 Å². The zero-order chi connectivity index (χ0) is 17.9. The number of aromatic nitrogens is 3. The van der Waals surface area contributed by atoms with Gasteiger partial charge in [0.05, 0.1) is 13.3 Å². The largest absolute Gasteiger partial charge is 0.453 e. The summed E-state index contributed by atoms with van der Waals surface area (Å²) in [6, 6.07) is 11.1. The van der Waals surface area contributed by atoms with Crippen molar-refractivity contribution < 1.29 is 14.3 Å². The van der Waals surface area contributed by atoms with Crippen molar-refractivity contribution in [3.63, 3.8) is 0 Å². The maximum atomic E-state index is 12.1. The number of rotatable bonds is 5. The molecule has 0 aliphatic rings. The fourth-order valence-electron chi connectivity index (χ4n) is 2.67. The van der Waals surface area contributed by atoms with Gasteiger partial charge in [0.15, 0.2) is 5.65 Å². The van der Waals surface area contributed by atoms with Crippen molar-refractivity contribution in [3.05, 3.63) is 64.5 Å². The van der Waals surface area contributed by atoms with Crippen molar-refractivity contribution in [3.8, 4) is 0 Å². The lowest BCUT2D eigenvalue weighted by molar-refractivity contribution is -0.0389. The van der Waals surface area contributed by atoms with Crippen molar-refractivity contribution in [1.82, 2.24) is 19.9 Å². The van der Waals surface area contributed by atoms with E-state index in [1.165, 1.54) is 7.11 Å². The second-order valence-electron chi connectivity index (χ2n) is 5.18. The number of nitrogens with zero attached hydrogens (tertiary/aromatic N) is 3. The minimum absolute atomic E-state index is 0.344. The Labute approximate surface area is 153 Å². The van der Waals surface area contributed by atoms with Gasteiger partial charge in [-0.05, 0) is 31.2 Å². The summed E-state index contributed by atoms with van der Waals surface area (Å²) in [5.41, 5.74) is 0.609. The van der Waals surface area contributed by atoms with E-state index in [4.69, 9.17) is 9.47 Å². The van der Waals surface area contributed by atoms with Gasteiger partial charge in [-0.3, -0.25) is 5.32 Å². The first kappa shape index (κ1) is 17.4. The summed E-state index contributed by atoms with van der Waals surface area (Å²) in [4.78, 5) is 16.5. The Balaban J connectivity index is 2.27. The van der Waals surface area contributed by atoms with Crippen LogP contribution in [0.25, 0.3) is 5.65 Å². The van der Waals surface area contributed by atoms with Gasteiger partial charge in [0.2, 0.25) is 5.72 Å². The van der Waals surface area contributed by atoms with Crippen LogP contribution in [0, 0.1) is 0 Å². The van der Waals surface area contributed by atoms with Gasteiger partial charge in [0, 0.05) is 22.8 Å². The number of amides is 1. The number of hydrogen-bond donors (Lipinski definition) is 1. The van der Waals surface area contributed by atoms with E-state index in [9.17, 15) is 4.79 Å². The summed E-state index contributed by atoms with van der Waals surface area (Å²) >= 11 is 3.46. The Hall–Kier alpha value is -2.45. The number of carbonyl (C=O) groups excluding carboxylic acids is 1. The molecule has 1 aromatic carbocycles. The molecule has 0 spiro atoms. The van der Waals surface area contributed by atoms with Crippen LogP contribution in [0.15, 0.2) is 53.3 Å². The van der Waals surface area contributed by atoms with Gasteiger partial charge >= 0.3 is 6.09 Å². The van der Waals surface area contributed by atoms with Crippen LogP contribution in [-0.4, -0.2) is 34.4 Å². The number of methoxy groups -OCH3 is 1. The second-order valence-corrected chi connectivity index (χ2v) is 6.09. The Bertz CT molecular complexity index is 898. The summed E-state index contributed by atoms with van der Waals surface area (Å²) in [7, 11) is 1.31. The number of alkyl carbamates (subject to hydrolysis) is 1. The molecular formula is C17H17BrN4O3. The molecule has 2 heterocycles. The van der Waals surface area contributed by atoms with Crippen molar-refractivity contribution in [2.24, 2.45) is 0 Å². The highest BCUT2D eigenvalue weighted by atomic mass is 79.9. The number of ether oxygens (including phenoxy) is 2. The SMILES string of the molecule is CCOC(NC(=O)OC)(c1cccc(Br)c1)c1cnc2cccnn12. The van der Waals surface area contributed by atoms with Crippen molar-refractivity contribution in [1.29, 1.82) is 0 Å². The van der Waals surface area contributed by atoms with Gasteiger partial charge in [-0.15, -0.1) is 0 Å². The monoisotopic (exact) mass is 404 g/mol. The highest BCUT2D eigenvalue weighted by Crippen LogP contribution is 2.33. The zero-order valence-corrected chi connectivity index (χ0v) is 15.4. The predicted molar refractivity (Wildman–Crippen MR) is 95.1 cm³/mol. The summed E-state index contributed by atoms with van der Waals surface area (Å²) in [6.07, 6.45) is 2.65. The maximum Gasteiger partial charge on any atom is 0.409 e. The molecule has 3 rings (SSSR count). The summed E-state index contributed by atoms with van der Waals surface area (Å²) in [5, 5.41) is 7.15. The Morgan fingerprint density at radius 1 is 1.36 bits per heavy atom. The van der Waals surface area contributed by atoms with Crippen LogP contribution in [-0.2, 0) is 15.2 Å². The van der Waals surface area contributed by atoms with Crippen LogP contribution < -0.4 is 5.32 Å². The fourth-order valence-corrected chi connectivity index (χ4v) is 3.06. The van der Waals surface area contributed by atoms with Gasteiger partial charge in [-0.25, -0.2) is 14.3 Å². The van der Waals surface area contributed by atoms with Gasteiger partial charge in [0.25, 0.3) is 0 Å². The molecule has 0 aliphatic heterocycles. The number of imidazole rings is 1. The molecule has 1 amide bonds. The highest BCUT2D eigenvalue weighted by Gasteiger charge is 2.41. The third kappa shape index (κ3) is 3.22. The van der Waals surface area contributed by atoms with Crippen molar-refractivity contribution in [2.45, 2.75) is 12.6 Å². The lowest BCUT2D eigenvalue weighted by Crippen LogP contribution is -2.50. The molecule has 0 saturated carbocycles.